The van der Waals surface area contributed by atoms with Crippen molar-refractivity contribution in [1.82, 2.24) is 4.98 Å². The molecular formula is C27H19BrN2O4S2. The van der Waals surface area contributed by atoms with Crippen molar-refractivity contribution in [2.24, 2.45) is 5.92 Å². The number of thiazole rings is 1. The largest absolute Gasteiger partial charge is 0.489 e. The number of fused-ring (bicyclic) bond motifs is 2. The van der Waals surface area contributed by atoms with E-state index in [1.54, 1.807) is 12.1 Å². The Labute approximate surface area is 223 Å². The second-order valence-corrected chi connectivity index (χ2v) is 11.7. The number of carbonyl (C=O) groups is 2. The molecule has 0 spiro atoms. The molecule has 3 aromatic carbocycles. The van der Waals surface area contributed by atoms with Gasteiger partial charge in [0.25, 0.3) is 0 Å². The molecule has 1 saturated heterocycles. The monoisotopic (exact) mass is 578 g/mol. The summed E-state index contributed by atoms with van der Waals surface area (Å²) in [7, 11) is 0. The standard InChI is InChI=1S/C27H19BrN2O4S2/c28-17-8-10-18(11-9-17)30-25(31)21-20(22-24(29-27(33)36-22)35-23(21)26(30)32)16-6-12-19(13-7-16)34-14-15-4-2-1-3-5-15/h1-13,20-21,23H,14H2,(H,29,33)/t20-,21-,23+/m0/s1. The van der Waals surface area contributed by atoms with Gasteiger partial charge in [0.2, 0.25) is 11.8 Å². The molecule has 0 radical (unpaired) electrons. The molecule has 9 heteroatoms. The molecule has 0 bridgehead atoms. The highest BCUT2D eigenvalue weighted by atomic mass is 79.9. The van der Waals surface area contributed by atoms with Crippen LogP contribution in [0.4, 0.5) is 5.69 Å². The van der Waals surface area contributed by atoms with Gasteiger partial charge in [-0.2, -0.15) is 0 Å². The predicted molar refractivity (Wildman–Crippen MR) is 144 cm³/mol. The Morgan fingerprint density at radius 2 is 1.61 bits per heavy atom. The Hall–Kier alpha value is -3.14. The number of ether oxygens (including phenoxy) is 1. The fourth-order valence-corrected chi connectivity index (χ4v) is 7.51. The maximum Gasteiger partial charge on any atom is 0.305 e. The topological polar surface area (TPSA) is 79.5 Å². The van der Waals surface area contributed by atoms with Crippen molar-refractivity contribution in [1.29, 1.82) is 0 Å². The van der Waals surface area contributed by atoms with Gasteiger partial charge in [-0.05, 0) is 47.5 Å². The van der Waals surface area contributed by atoms with Gasteiger partial charge in [0.15, 0.2) is 0 Å². The van der Waals surface area contributed by atoms with Crippen molar-refractivity contribution < 1.29 is 14.3 Å². The molecule has 0 saturated carbocycles. The second kappa shape index (κ2) is 9.38. The van der Waals surface area contributed by atoms with Crippen LogP contribution >= 0.6 is 39.0 Å². The fourth-order valence-electron chi connectivity index (χ4n) is 4.73. The lowest BCUT2D eigenvalue weighted by Crippen LogP contribution is -2.32. The minimum absolute atomic E-state index is 0.190. The van der Waals surface area contributed by atoms with Gasteiger partial charge in [0.05, 0.1) is 16.6 Å². The average Bonchev–Trinajstić information content (AvgIpc) is 3.39. The van der Waals surface area contributed by atoms with Crippen molar-refractivity contribution in [2.45, 2.75) is 22.8 Å². The molecule has 1 aromatic heterocycles. The number of imide groups is 1. The number of nitrogens with one attached hydrogen (secondary N) is 1. The average molecular weight is 579 g/mol. The number of nitrogens with zero attached hydrogens (tertiary/aromatic N) is 1. The minimum Gasteiger partial charge on any atom is -0.489 e. The van der Waals surface area contributed by atoms with E-state index in [-0.39, 0.29) is 16.7 Å². The first kappa shape index (κ1) is 23.3. The quantitative estimate of drug-likeness (QED) is 0.313. The van der Waals surface area contributed by atoms with Gasteiger partial charge < -0.3 is 9.72 Å². The van der Waals surface area contributed by atoms with E-state index in [2.05, 4.69) is 20.9 Å². The summed E-state index contributed by atoms with van der Waals surface area (Å²) >= 11 is 5.78. The van der Waals surface area contributed by atoms with Gasteiger partial charge in [0.1, 0.15) is 17.6 Å². The molecule has 4 aromatic rings. The Kier molecular flexibility index (Phi) is 6.07. The number of carbonyl (C=O) groups excluding carboxylic acids is 2. The van der Waals surface area contributed by atoms with E-state index in [4.69, 9.17) is 4.74 Å². The summed E-state index contributed by atoms with van der Waals surface area (Å²) in [5.41, 5.74) is 2.48. The Bertz CT molecular complexity index is 1500. The smallest absolute Gasteiger partial charge is 0.305 e. The van der Waals surface area contributed by atoms with Crippen LogP contribution in [0.2, 0.25) is 0 Å². The first-order valence-electron chi connectivity index (χ1n) is 11.3. The molecule has 3 heterocycles. The minimum atomic E-state index is -0.613. The number of halogens is 1. The third kappa shape index (κ3) is 4.11. The lowest BCUT2D eigenvalue weighted by atomic mass is 9.83. The van der Waals surface area contributed by atoms with Gasteiger partial charge in [-0.3, -0.25) is 14.4 Å². The Morgan fingerprint density at radius 1 is 0.889 bits per heavy atom. The van der Waals surface area contributed by atoms with Crippen LogP contribution in [0.15, 0.2) is 93.2 Å². The van der Waals surface area contributed by atoms with E-state index in [9.17, 15) is 14.4 Å². The summed E-state index contributed by atoms with van der Waals surface area (Å²) < 4.78 is 6.79. The predicted octanol–water partition coefficient (Wildman–Crippen LogP) is 5.57. The van der Waals surface area contributed by atoms with E-state index in [0.29, 0.717) is 23.1 Å². The van der Waals surface area contributed by atoms with Crippen LogP contribution < -0.4 is 14.5 Å². The Morgan fingerprint density at radius 3 is 2.33 bits per heavy atom. The van der Waals surface area contributed by atoms with Gasteiger partial charge in [-0.1, -0.05) is 81.5 Å². The zero-order valence-electron chi connectivity index (χ0n) is 18.7. The zero-order chi connectivity index (χ0) is 24.8. The van der Waals surface area contributed by atoms with E-state index >= 15 is 0 Å². The first-order chi connectivity index (χ1) is 17.5. The number of thioether (sulfide) groups is 1. The third-order valence-corrected chi connectivity index (χ3v) is 9.33. The summed E-state index contributed by atoms with van der Waals surface area (Å²) in [6.07, 6.45) is 0. The number of hydrogen-bond acceptors (Lipinski definition) is 6. The van der Waals surface area contributed by atoms with Crippen LogP contribution in [0, 0.1) is 5.92 Å². The summed E-state index contributed by atoms with van der Waals surface area (Å²) in [4.78, 5) is 44.2. The second-order valence-electron chi connectivity index (χ2n) is 8.58. The van der Waals surface area contributed by atoms with Gasteiger partial charge in [-0.25, -0.2) is 4.90 Å². The van der Waals surface area contributed by atoms with Crippen molar-refractivity contribution in [3.05, 3.63) is 109 Å². The van der Waals surface area contributed by atoms with Crippen molar-refractivity contribution in [2.75, 3.05) is 4.90 Å². The maximum absolute atomic E-state index is 13.7. The fraction of sp³-hybridized carbons (Fsp3) is 0.148. The van der Waals surface area contributed by atoms with E-state index < -0.39 is 17.1 Å². The van der Waals surface area contributed by atoms with Gasteiger partial charge in [0, 0.05) is 15.3 Å². The molecule has 6 rings (SSSR count). The third-order valence-electron chi connectivity index (χ3n) is 6.40. The molecule has 3 atom stereocenters. The molecule has 6 nitrogen and oxygen atoms in total. The molecule has 0 unspecified atom stereocenters. The van der Waals surface area contributed by atoms with E-state index in [1.165, 1.54) is 16.7 Å². The van der Waals surface area contributed by atoms with Gasteiger partial charge >= 0.3 is 4.87 Å². The van der Waals surface area contributed by atoms with Crippen LogP contribution in [0.1, 0.15) is 21.9 Å². The molecular weight excluding hydrogens is 560 g/mol. The molecule has 2 aliphatic heterocycles. The highest BCUT2D eigenvalue weighted by Crippen LogP contribution is 2.53. The Balaban J connectivity index is 1.34. The summed E-state index contributed by atoms with van der Waals surface area (Å²) in [5.74, 6) is -0.822. The molecule has 2 amide bonds. The van der Waals surface area contributed by atoms with Crippen molar-refractivity contribution >= 4 is 56.5 Å². The van der Waals surface area contributed by atoms with Crippen LogP contribution in [-0.4, -0.2) is 22.0 Å². The number of rotatable bonds is 5. The molecule has 1 fully saturated rings. The van der Waals surface area contributed by atoms with Crippen LogP contribution in [0.3, 0.4) is 0 Å². The summed E-state index contributed by atoms with van der Waals surface area (Å²) in [6, 6.07) is 24.6. The van der Waals surface area contributed by atoms with E-state index in [1.807, 2.05) is 66.7 Å². The van der Waals surface area contributed by atoms with Crippen LogP contribution in [-0.2, 0) is 16.2 Å². The number of H-pyrrole nitrogens is 1. The van der Waals surface area contributed by atoms with Crippen molar-refractivity contribution in [3.63, 3.8) is 0 Å². The lowest BCUT2D eigenvalue weighted by Gasteiger charge is -2.29. The van der Waals surface area contributed by atoms with Crippen LogP contribution in [0.25, 0.3) is 0 Å². The SMILES string of the molecule is O=C1[C@H]2[C@H](c3ccc(OCc4ccccc4)cc3)c3sc(=O)[nH]c3S[C@H]2C(=O)N1c1ccc(Br)cc1. The van der Waals surface area contributed by atoms with Crippen LogP contribution in [0.5, 0.6) is 5.75 Å². The molecule has 2 aliphatic rings. The molecule has 36 heavy (non-hydrogen) atoms. The normalized spacial score (nSPS) is 20.8. The summed E-state index contributed by atoms with van der Waals surface area (Å²) in [5, 5.41) is 0.0531. The van der Waals surface area contributed by atoms with Gasteiger partial charge in [-0.15, -0.1) is 0 Å². The van der Waals surface area contributed by atoms with E-state index in [0.717, 1.165) is 31.8 Å². The highest BCUT2D eigenvalue weighted by molar-refractivity contribution is 9.10. The number of anilines is 1. The maximum atomic E-state index is 13.7. The zero-order valence-corrected chi connectivity index (χ0v) is 21.9. The first-order valence-corrected chi connectivity index (χ1v) is 13.8. The number of aromatic nitrogens is 1. The molecule has 0 aliphatic carbocycles. The molecule has 1 N–H and O–H groups in total. The molecule has 180 valence electrons. The number of benzene rings is 3. The lowest BCUT2D eigenvalue weighted by molar-refractivity contribution is -0.122. The number of amides is 2. The summed E-state index contributed by atoms with van der Waals surface area (Å²) in [6.45, 7) is 0.448. The number of aromatic amines is 1. The highest BCUT2D eigenvalue weighted by Gasteiger charge is 2.56. The number of hydrogen-bond donors (Lipinski definition) is 1. The van der Waals surface area contributed by atoms with Crippen molar-refractivity contribution in [3.8, 4) is 5.75 Å².